The summed E-state index contributed by atoms with van der Waals surface area (Å²) in [5.74, 6) is -1.22. The van der Waals surface area contributed by atoms with E-state index < -0.39 is 17.5 Å². The summed E-state index contributed by atoms with van der Waals surface area (Å²) < 4.78 is 5.85. The van der Waals surface area contributed by atoms with Crippen molar-refractivity contribution in [2.45, 2.75) is 25.4 Å². The lowest BCUT2D eigenvalue weighted by Crippen LogP contribution is -2.45. The van der Waals surface area contributed by atoms with E-state index in [2.05, 4.69) is 22.9 Å². The van der Waals surface area contributed by atoms with E-state index in [0.29, 0.717) is 17.0 Å². The Bertz CT molecular complexity index is 1150. The summed E-state index contributed by atoms with van der Waals surface area (Å²) in [6.07, 6.45) is 0. The second kappa shape index (κ2) is 8.93. The van der Waals surface area contributed by atoms with Crippen LogP contribution >= 0.6 is 0 Å². The third-order valence-corrected chi connectivity index (χ3v) is 5.84. The zero-order valence-electron chi connectivity index (χ0n) is 18.7. The zero-order valence-corrected chi connectivity index (χ0v) is 18.7. The third-order valence-electron chi connectivity index (χ3n) is 5.84. The summed E-state index contributed by atoms with van der Waals surface area (Å²) >= 11 is 0. The number of rotatable bonds is 5. The van der Waals surface area contributed by atoms with Crippen molar-refractivity contribution in [2.75, 3.05) is 38.1 Å². The summed E-state index contributed by atoms with van der Waals surface area (Å²) in [5.41, 5.74) is 1.71. The minimum atomic E-state index is -1.18. The van der Waals surface area contributed by atoms with E-state index in [1.54, 1.807) is 0 Å². The SMILES string of the molecule is CN1CCN(c2nc3ccccc3nc2C(C#N)C(=O)OC(C)(C)c2ccccc2)CC1. The molecule has 2 aromatic carbocycles. The molecule has 1 unspecified atom stereocenters. The van der Waals surface area contributed by atoms with Crippen LogP contribution in [-0.2, 0) is 15.1 Å². The van der Waals surface area contributed by atoms with Crippen molar-refractivity contribution < 1.29 is 9.53 Å². The van der Waals surface area contributed by atoms with E-state index in [9.17, 15) is 10.1 Å². The van der Waals surface area contributed by atoms with Crippen LogP contribution < -0.4 is 4.90 Å². The van der Waals surface area contributed by atoms with Gasteiger partial charge in [-0.3, -0.25) is 4.79 Å². The Morgan fingerprint density at radius 2 is 1.59 bits per heavy atom. The molecule has 4 rings (SSSR count). The zero-order chi connectivity index (χ0) is 22.7. The third kappa shape index (κ3) is 4.41. The van der Waals surface area contributed by atoms with Gasteiger partial charge in [0.05, 0.1) is 17.1 Å². The van der Waals surface area contributed by atoms with Gasteiger partial charge < -0.3 is 14.5 Å². The highest BCUT2D eigenvalue weighted by Gasteiger charge is 2.35. The van der Waals surface area contributed by atoms with E-state index in [-0.39, 0.29) is 0 Å². The van der Waals surface area contributed by atoms with E-state index in [4.69, 9.17) is 14.7 Å². The number of hydrogen-bond acceptors (Lipinski definition) is 7. The van der Waals surface area contributed by atoms with Crippen molar-refractivity contribution in [2.24, 2.45) is 0 Å². The molecule has 164 valence electrons. The minimum Gasteiger partial charge on any atom is -0.453 e. The monoisotopic (exact) mass is 429 g/mol. The standard InChI is InChI=1S/C25H27N5O2/c1-25(2,18-9-5-4-6-10-18)32-24(31)19(17-26)22-23(30-15-13-29(3)14-16-30)28-21-12-8-7-11-20(21)27-22/h4-12,19H,13-16H2,1-3H3. The van der Waals surface area contributed by atoms with Gasteiger partial charge in [-0.05, 0) is 38.6 Å². The number of nitrogens with zero attached hydrogens (tertiary/aromatic N) is 5. The van der Waals surface area contributed by atoms with E-state index in [1.165, 1.54) is 0 Å². The van der Waals surface area contributed by atoms with Gasteiger partial charge in [0.25, 0.3) is 0 Å². The van der Waals surface area contributed by atoms with Gasteiger partial charge in [0.1, 0.15) is 11.3 Å². The summed E-state index contributed by atoms with van der Waals surface area (Å²) in [4.78, 5) is 27.1. The van der Waals surface area contributed by atoms with Crippen LogP contribution in [-0.4, -0.2) is 54.1 Å². The molecule has 1 saturated heterocycles. The number of esters is 1. The first-order valence-corrected chi connectivity index (χ1v) is 10.8. The molecule has 32 heavy (non-hydrogen) atoms. The van der Waals surface area contributed by atoms with E-state index >= 15 is 0 Å². The summed E-state index contributed by atoms with van der Waals surface area (Å²) in [7, 11) is 2.07. The van der Waals surface area contributed by atoms with Gasteiger partial charge in [-0.15, -0.1) is 0 Å². The van der Waals surface area contributed by atoms with Crippen LogP contribution in [0.1, 0.15) is 31.0 Å². The topological polar surface area (TPSA) is 82.4 Å². The number of piperazine rings is 1. The van der Waals surface area contributed by atoms with Crippen LogP contribution in [0, 0.1) is 11.3 Å². The Balaban J connectivity index is 1.71. The molecule has 3 aromatic rings. The van der Waals surface area contributed by atoms with E-state index in [1.807, 2.05) is 68.4 Å². The largest absolute Gasteiger partial charge is 0.453 e. The maximum atomic E-state index is 13.2. The molecular formula is C25H27N5O2. The fourth-order valence-electron chi connectivity index (χ4n) is 3.88. The Kier molecular flexibility index (Phi) is 6.06. The molecule has 0 bridgehead atoms. The number of carbonyl (C=O) groups is 1. The molecule has 2 heterocycles. The maximum absolute atomic E-state index is 13.2. The first-order valence-electron chi connectivity index (χ1n) is 10.8. The van der Waals surface area contributed by atoms with Gasteiger partial charge in [0.15, 0.2) is 11.7 Å². The number of carbonyl (C=O) groups excluding carboxylic acids is 1. The predicted molar refractivity (Wildman–Crippen MR) is 123 cm³/mol. The number of hydrogen-bond donors (Lipinski definition) is 0. The van der Waals surface area contributed by atoms with Crippen molar-refractivity contribution in [3.63, 3.8) is 0 Å². The molecule has 1 fully saturated rings. The minimum absolute atomic E-state index is 0.351. The average molecular weight is 430 g/mol. The Morgan fingerprint density at radius 3 is 2.22 bits per heavy atom. The average Bonchev–Trinajstić information content (AvgIpc) is 2.80. The van der Waals surface area contributed by atoms with Crippen LogP contribution in [0.2, 0.25) is 0 Å². The lowest BCUT2D eigenvalue weighted by molar-refractivity contribution is -0.158. The van der Waals surface area contributed by atoms with Crippen molar-refractivity contribution >= 4 is 22.8 Å². The first kappa shape index (κ1) is 21.7. The Hall–Kier alpha value is -3.50. The lowest BCUT2D eigenvalue weighted by atomic mass is 9.97. The number of ether oxygens (including phenoxy) is 1. The molecule has 1 aromatic heterocycles. The van der Waals surface area contributed by atoms with Crippen molar-refractivity contribution in [1.29, 1.82) is 5.26 Å². The smallest absolute Gasteiger partial charge is 0.330 e. The molecule has 0 amide bonds. The second-order valence-electron chi connectivity index (χ2n) is 8.57. The number of anilines is 1. The molecule has 0 N–H and O–H groups in total. The normalized spacial score (nSPS) is 15.9. The summed E-state index contributed by atoms with van der Waals surface area (Å²) in [5, 5.41) is 10.0. The van der Waals surface area contributed by atoms with Crippen molar-refractivity contribution in [1.82, 2.24) is 14.9 Å². The molecule has 0 radical (unpaired) electrons. The molecule has 7 nitrogen and oxygen atoms in total. The molecule has 1 aliphatic heterocycles. The number of benzene rings is 2. The Labute approximate surface area is 188 Å². The highest BCUT2D eigenvalue weighted by atomic mass is 16.6. The predicted octanol–water partition coefficient (Wildman–Crippen LogP) is 3.47. The highest BCUT2D eigenvalue weighted by molar-refractivity contribution is 5.85. The quantitative estimate of drug-likeness (QED) is 0.574. The molecule has 7 heteroatoms. The molecule has 0 spiro atoms. The fraction of sp³-hybridized carbons (Fsp3) is 0.360. The molecule has 1 aliphatic rings. The fourth-order valence-corrected chi connectivity index (χ4v) is 3.88. The number of likely N-dealkylation sites (N-methyl/N-ethyl adjacent to an activating group) is 1. The van der Waals surface area contributed by atoms with Gasteiger partial charge >= 0.3 is 5.97 Å². The first-order chi connectivity index (χ1) is 15.4. The van der Waals surface area contributed by atoms with Crippen molar-refractivity contribution in [3.05, 3.63) is 65.9 Å². The van der Waals surface area contributed by atoms with Crippen LogP contribution in [0.5, 0.6) is 0 Å². The van der Waals surface area contributed by atoms with Crippen LogP contribution in [0.3, 0.4) is 0 Å². The number of para-hydroxylation sites is 2. The molecular weight excluding hydrogens is 402 g/mol. The summed E-state index contributed by atoms with van der Waals surface area (Å²) in [6, 6.07) is 19.1. The van der Waals surface area contributed by atoms with Gasteiger partial charge in [-0.1, -0.05) is 42.5 Å². The van der Waals surface area contributed by atoms with Gasteiger partial charge in [0.2, 0.25) is 0 Å². The highest BCUT2D eigenvalue weighted by Crippen LogP contribution is 2.32. The lowest BCUT2D eigenvalue weighted by Gasteiger charge is -2.34. The number of fused-ring (bicyclic) bond motifs is 1. The molecule has 1 atom stereocenters. The molecule has 0 aliphatic carbocycles. The van der Waals surface area contributed by atoms with Crippen LogP contribution in [0.4, 0.5) is 5.82 Å². The van der Waals surface area contributed by atoms with E-state index in [0.717, 1.165) is 37.3 Å². The molecule has 0 saturated carbocycles. The van der Waals surface area contributed by atoms with Gasteiger partial charge in [-0.2, -0.15) is 5.26 Å². The summed E-state index contributed by atoms with van der Waals surface area (Å²) in [6.45, 7) is 6.88. The maximum Gasteiger partial charge on any atom is 0.330 e. The van der Waals surface area contributed by atoms with Crippen LogP contribution in [0.15, 0.2) is 54.6 Å². The van der Waals surface area contributed by atoms with Crippen molar-refractivity contribution in [3.8, 4) is 6.07 Å². The number of aromatic nitrogens is 2. The second-order valence-corrected chi connectivity index (χ2v) is 8.57. The van der Waals surface area contributed by atoms with Gasteiger partial charge in [-0.25, -0.2) is 9.97 Å². The van der Waals surface area contributed by atoms with Gasteiger partial charge in [0, 0.05) is 26.2 Å². The number of nitriles is 1. The van der Waals surface area contributed by atoms with Crippen LogP contribution in [0.25, 0.3) is 11.0 Å². The Morgan fingerprint density at radius 1 is 1.00 bits per heavy atom.